The van der Waals surface area contributed by atoms with Crippen LogP contribution in [0.2, 0.25) is 0 Å². The number of carboxylic acid groups (broad SMARTS) is 1. The van der Waals surface area contributed by atoms with E-state index in [2.05, 4.69) is 10.0 Å². The van der Waals surface area contributed by atoms with E-state index in [4.69, 9.17) is 16.6 Å². The number of nitrogens with two attached hydrogens (primary N) is 2. The fourth-order valence-corrected chi connectivity index (χ4v) is 6.42. The lowest BCUT2D eigenvalue weighted by molar-refractivity contribution is -0.138. The van der Waals surface area contributed by atoms with Crippen LogP contribution in [0.3, 0.4) is 0 Å². The van der Waals surface area contributed by atoms with E-state index >= 15 is 0 Å². The number of hydrogen-bond acceptors (Lipinski definition) is 6. The summed E-state index contributed by atoms with van der Waals surface area (Å²) >= 11 is 0. The molecule has 0 aliphatic heterocycles. The zero-order valence-electron chi connectivity index (χ0n) is 26.3. The van der Waals surface area contributed by atoms with Gasteiger partial charge in [-0.05, 0) is 73.8 Å². The molecule has 0 heterocycles. The Balaban J connectivity index is 0.000000900. The van der Waals surface area contributed by atoms with Gasteiger partial charge in [0.25, 0.3) is 0 Å². The maximum Gasteiger partial charge on any atom is 0.416 e. The van der Waals surface area contributed by atoms with Crippen molar-refractivity contribution < 1.29 is 36.3 Å². The van der Waals surface area contributed by atoms with Gasteiger partial charge in [0.15, 0.2) is 0 Å². The third kappa shape index (κ3) is 12.7. The number of benzene rings is 2. The van der Waals surface area contributed by atoms with E-state index in [1.807, 2.05) is 58.0 Å². The van der Waals surface area contributed by atoms with Crippen LogP contribution in [0.15, 0.2) is 59.5 Å². The first kappa shape index (κ1) is 38.2. The van der Waals surface area contributed by atoms with Crippen LogP contribution in [0.4, 0.5) is 13.2 Å². The molecule has 1 amide bonds. The maximum atomic E-state index is 13.2. The van der Waals surface area contributed by atoms with Crippen molar-refractivity contribution in [2.24, 2.45) is 29.2 Å². The van der Waals surface area contributed by atoms with E-state index in [-0.39, 0.29) is 53.1 Å². The Bertz CT molecular complexity index is 1310. The summed E-state index contributed by atoms with van der Waals surface area (Å²) in [5, 5.41) is 11.2. The van der Waals surface area contributed by atoms with Crippen LogP contribution in [0.1, 0.15) is 83.4 Å². The summed E-state index contributed by atoms with van der Waals surface area (Å²) in [6.07, 6.45) is -1.95. The summed E-state index contributed by atoms with van der Waals surface area (Å²) in [4.78, 5) is 22.8. The highest BCUT2D eigenvalue weighted by molar-refractivity contribution is 7.89. The molecule has 1 fully saturated rings. The molecular weight excluding hydrogens is 609 g/mol. The number of carbonyl (C=O) groups is 2. The summed E-state index contributed by atoms with van der Waals surface area (Å²) < 4.78 is 66.3. The second-order valence-corrected chi connectivity index (χ2v) is 14.1. The van der Waals surface area contributed by atoms with Gasteiger partial charge < -0.3 is 21.9 Å². The molecule has 13 heteroatoms. The molecule has 45 heavy (non-hydrogen) atoms. The van der Waals surface area contributed by atoms with E-state index in [0.29, 0.717) is 32.1 Å². The predicted octanol–water partition coefficient (Wildman–Crippen LogP) is 5.22. The Morgan fingerprint density at radius 2 is 1.49 bits per heavy atom. The lowest BCUT2D eigenvalue weighted by Crippen LogP contribution is -2.48. The Hall–Kier alpha value is -3.00. The van der Waals surface area contributed by atoms with Crippen molar-refractivity contribution >= 4 is 21.9 Å². The van der Waals surface area contributed by atoms with Crippen LogP contribution in [0.5, 0.6) is 0 Å². The van der Waals surface area contributed by atoms with Crippen molar-refractivity contribution in [2.45, 2.75) is 101 Å². The van der Waals surface area contributed by atoms with Gasteiger partial charge in [0.05, 0.1) is 16.5 Å². The van der Waals surface area contributed by atoms with Gasteiger partial charge in [0.1, 0.15) is 0 Å². The molecule has 1 saturated carbocycles. The number of alkyl halides is 3. The molecule has 7 N–H and O–H groups in total. The topological polar surface area (TPSA) is 165 Å². The average molecular weight is 657 g/mol. The molecule has 2 aromatic rings. The van der Waals surface area contributed by atoms with Gasteiger partial charge in [-0.1, -0.05) is 58.0 Å². The molecule has 0 unspecified atom stereocenters. The second kappa shape index (κ2) is 17.1. The van der Waals surface area contributed by atoms with Gasteiger partial charge in [-0.25, -0.2) is 13.1 Å². The van der Waals surface area contributed by atoms with Crippen molar-refractivity contribution in [2.75, 3.05) is 0 Å². The summed E-state index contributed by atoms with van der Waals surface area (Å²) in [5.41, 5.74) is 12.6. The van der Waals surface area contributed by atoms with Gasteiger partial charge >= 0.3 is 12.1 Å². The highest BCUT2D eigenvalue weighted by atomic mass is 32.2. The van der Waals surface area contributed by atoms with Gasteiger partial charge in [0.2, 0.25) is 15.9 Å². The fraction of sp³-hybridized carbons (Fsp3) is 0.562. The smallest absolute Gasteiger partial charge is 0.416 e. The van der Waals surface area contributed by atoms with Crippen molar-refractivity contribution in [3.63, 3.8) is 0 Å². The van der Waals surface area contributed by atoms with Crippen molar-refractivity contribution in [1.82, 2.24) is 10.0 Å². The van der Waals surface area contributed by atoms with Crippen molar-refractivity contribution in [3.05, 3.63) is 65.7 Å². The lowest BCUT2D eigenvalue weighted by Gasteiger charge is -2.31. The van der Waals surface area contributed by atoms with Gasteiger partial charge in [-0.15, -0.1) is 0 Å². The number of amides is 1. The molecule has 2 aromatic carbocycles. The van der Waals surface area contributed by atoms with Gasteiger partial charge in [0, 0.05) is 30.5 Å². The molecule has 3 rings (SSSR count). The standard InChI is InChI=1S/C27H37F3N4O3S.C5H10O2/c1-17(2)25(32)23(31)16-24(18-6-4-3-5-7-18)33-26(35)19-8-12-21(13-9-19)34-38(36,37)22-14-10-20(11-15-22)27(28,29)30;1-4(2)3-5(6)7/h3-7,10-11,14-15,17,19,21,23-25,34H,8-9,12-13,16,31-32H2,1-2H3,(H,33,35);4H,3H2,1-2H3,(H,6,7)/t19-,21-,23-,24-,25-;/m0./s1. The summed E-state index contributed by atoms with van der Waals surface area (Å²) in [7, 11) is -3.99. The number of carbonyl (C=O) groups excluding carboxylic acids is 1. The molecular formula is C32H47F3N4O5S. The number of sulfonamides is 1. The fourth-order valence-electron chi connectivity index (χ4n) is 5.11. The third-order valence-electron chi connectivity index (χ3n) is 7.79. The molecule has 3 atom stereocenters. The second-order valence-electron chi connectivity index (χ2n) is 12.4. The third-order valence-corrected chi connectivity index (χ3v) is 9.32. The summed E-state index contributed by atoms with van der Waals surface area (Å²) in [6, 6.07) is 11.7. The minimum Gasteiger partial charge on any atom is -0.481 e. The van der Waals surface area contributed by atoms with Crippen LogP contribution < -0.4 is 21.5 Å². The molecule has 0 radical (unpaired) electrons. The molecule has 1 aliphatic rings. The molecule has 0 bridgehead atoms. The Kier molecular flexibility index (Phi) is 14.5. The first-order valence-electron chi connectivity index (χ1n) is 15.2. The Morgan fingerprint density at radius 1 is 0.933 bits per heavy atom. The maximum absolute atomic E-state index is 13.2. The lowest BCUT2D eigenvalue weighted by atomic mass is 9.85. The summed E-state index contributed by atoms with van der Waals surface area (Å²) in [6.45, 7) is 7.78. The highest BCUT2D eigenvalue weighted by Gasteiger charge is 2.33. The summed E-state index contributed by atoms with van der Waals surface area (Å²) in [5.74, 6) is -0.650. The number of aliphatic carboxylic acids is 1. The number of carboxylic acids is 1. The van der Waals surface area contributed by atoms with E-state index in [1.54, 1.807) is 0 Å². The van der Waals surface area contributed by atoms with Crippen LogP contribution >= 0.6 is 0 Å². The SMILES string of the molecule is CC(C)CC(=O)O.CC(C)[C@H](N)[C@@H](N)C[C@H](NC(=O)[C@H]1CC[C@H](NS(=O)(=O)c2ccc(C(F)(F)F)cc2)CC1)c1ccccc1. The number of rotatable bonds is 12. The van der Waals surface area contributed by atoms with Crippen LogP contribution in [-0.2, 0) is 25.8 Å². The molecule has 252 valence electrons. The van der Waals surface area contributed by atoms with Gasteiger partial charge in [-0.2, -0.15) is 13.2 Å². The van der Waals surface area contributed by atoms with E-state index in [9.17, 15) is 31.2 Å². The zero-order valence-corrected chi connectivity index (χ0v) is 27.1. The van der Waals surface area contributed by atoms with E-state index < -0.39 is 33.8 Å². The molecule has 1 aliphatic carbocycles. The van der Waals surface area contributed by atoms with Crippen molar-refractivity contribution in [3.8, 4) is 0 Å². The molecule has 0 aromatic heterocycles. The first-order valence-corrected chi connectivity index (χ1v) is 16.7. The molecule has 0 saturated heterocycles. The average Bonchev–Trinajstić information content (AvgIpc) is 2.96. The normalized spacial score (nSPS) is 19.3. The highest BCUT2D eigenvalue weighted by Crippen LogP contribution is 2.31. The first-order chi connectivity index (χ1) is 20.9. The minimum atomic E-state index is -4.54. The van der Waals surface area contributed by atoms with E-state index in [0.717, 1.165) is 29.8 Å². The Morgan fingerprint density at radius 3 is 1.93 bits per heavy atom. The largest absolute Gasteiger partial charge is 0.481 e. The quantitative estimate of drug-likeness (QED) is 0.209. The Labute approximate surface area is 264 Å². The predicted molar refractivity (Wildman–Crippen MR) is 167 cm³/mol. The minimum absolute atomic E-state index is 0.117. The molecule has 0 spiro atoms. The zero-order chi connectivity index (χ0) is 33.9. The van der Waals surface area contributed by atoms with Crippen molar-refractivity contribution in [1.29, 1.82) is 0 Å². The van der Waals surface area contributed by atoms with Crippen LogP contribution in [0, 0.1) is 17.8 Å². The molecule has 9 nitrogen and oxygen atoms in total. The monoisotopic (exact) mass is 656 g/mol. The van der Waals surface area contributed by atoms with E-state index in [1.165, 1.54) is 0 Å². The van der Waals surface area contributed by atoms with Gasteiger partial charge in [-0.3, -0.25) is 9.59 Å². The number of nitrogens with one attached hydrogen (secondary N) is 2. The number of hydrogen-bond donors (Lipinski definition) is 5. The van der Waals surface area contributed by atoms with Crippen LogP contribution in [0.25, 0.3) is 0 Å². The van der Waals surface area contributed by atoms with Crippen LogP contribution in [-0.4, -0.2) is 43.5 Å². The number of halogens is 3.